The second-order valence-corrected chi connectivity index (χ2v) is 7.52. The van der Waals surface area contributed by atoms with Crippen LogP contribution in [-0.4, -0.2) is 35.7 Å². The Hall–Kier alpha value is -3.52. The average Bonchev–Trinajstić information content (AvgIpc) is 3.33. The van der Waals surface area contributed by atoms with E-state index in [9.17, 15) is 4.79 Å². The molecule has 4 aromatic rings. The zero-order chi connectivity index (χ0) is 20.7. The molecule has 0 aliphatic heterocycles. The molecule has 1 aliphatic carbocycles. The lowest BCUT2D eigenvalue weighted by atomic mass is 10.0. The maximum Gasteiger partial charge on any atom is 0.274 e. The van der Waals surface area contributed by atoms with Crippen LogP contribution in [0, 0.1) is 0 Å². The van der Waals surface area contributed by atoms with Crippen molar-refractivity contribution >= 4 is 23.2 Å². The Balaban J connectivity index is 1.47. The van der Waals surface area contributed by atoms with Gasteiger partial charge in [0.2, 0.25) is 0 Å². The first kappa shape index (κ1) is 18.5. The Morgan fingerprint density at radius 2 is 1.97 bits per heavy atom. The summed E-state index contributed by atoms with van der Waals surface area (Å²) in [5.41, 5.74) is 5.25. The van der Waals surface area contributed by atoms with Crippen LogP contribution in [0.4, 0.5) is 5.69 Å². The second-order valence-electron chi connectivity index (χ2n) is 7.11. The monoisotopic (exact) mass is 419 g/mol. The molecule has 0 atom stereocenters. The third kappa shape index (κ3) is 3.15. The van der Waals surface area contributed by atoms with Crippen molar-refractivity contribution in [2.24, 2.45) is 7.05 Å². The fourth-order valence-electron chi connectivity index (χ4n) is 3.89. The number of pyridine rings is 1. The summed E-state index contributed by atoms with van der Waals surface area (Å²) in [6.07, 6.45) is 7.35. The Kier molecular flexibility index (Phi) is 4.55. The number of anilines is 1. The maximum atomic E-state index is 13.1. The van der Waals surface area contributed by atoms with Gasteiger partial charge in [-0.2, -0.15) is 15.3 Å². The Morgan fingerprint density at radius 3 is 2.77 bits per heavy atom. The van der Waals surface area contributed by atoms with Gasteiger partial charge in [0.1, 0.15) is 5.69 Å². The van der Waals surface area contributed by atoms with E-state index in [2.05, 4.69) is 37.7 Å². The topological polar surface area (TPSA) is 90.5 Å². The van der Waals surface area contributed by atoms with Gasteiger partial charge in [0, 0.05) is 18.2 Å². The van der Waals surface area contributed by atoms with Crippen LogP contribution < -0.4 is 5.32 Å². The molecule has 0 radical (unpaired) electrons. The summed E-state index contributed by atoms with van der Waals surface area (Å²) in [4.78, 5) is 18.7. The highest BCUT2D eigenvalue weighted by atomic mass is 35.5. The number of nitrogens with one attached hydrogen (secondary N) is 1. The van der Waals surface area contributed by atoms with Gasteiger partial charge in [0.15, 0.2) is 5.82 Å². The molecule has 30 heavy (non-hydrogen) atoms. The second kappa shape index (κ2) is 7.38. The molecule has 0 fully saturated rings. The molecule has 0 spiro atoms. The van der Waals surface area contributed by atoms with Crippen LogP contribution in [-0.2, 0) is 19.9 Å². The van der Waals surface area contributed by atoms with E-state index in [1.54, 1.807) is 30.2 Å². The molecule has 150 valence electrons. The molecule has 8 nitrogen and oxygen atoms in total. The lowest BCUT2D eigenvalue weighted by molar-refractivity contribution is 0.101. The van der Waals surface area contributed by atoms with E-state index in [-0.39, 0.29) is 5.91 Å². The first-order chi connectivity index (χ1) is 14.6. The number of nitrogens with zero attached hydrogens (tertiary/aromatic N) is 6. The molecule has 1 amide bonds. The highest BCUT2D eigenvalue weighted by Crippen LogP contribution is 2.33. The van der Waals surface area contributed by atoms with Gasteiger partial charge >= 0.3 is 0 Å². The number of carbonyl (C=O) groups excluding carboxylic acids is 1. The number of benzene rings is 1. The zero-order valence-electron chi connectivity index (χ0n) is 16.2. The number of halogens is 1. The van der Waals surface area contributed by atoms with E-state index in [1.165, 1.54) is 16.6 Å². The number of aromatic nitrogens is 6. The van der Waals surface area contributed by atoms with E-state index in [0.29, 0.717) is 22.2 Å². The predicted octanol–water partition coefficient (Wildman–Crippen LogP) is 3.46. The van der Waals surface area contributed by atoms with E-state index < -0.39 is 0 Å². The summed E-state index contributed by atoms with van der Waals surface area (Å²) in [5.74, 6) is 0.152. The van der Waals surface area contributed by atoms with Crippen LogP contribution >= 0.6 is 11.6 Å². The number of amides is 1. The maximum absolute atomic E-state index is 13.1. The molecule has 3 aromatic heterocycles. The minimum atomic E-state index is -0.242. The van der Waals surface area contributed by atoms with Crippen molar-refractivity contribution < 1.29 is 4.79 Å². The first-order valence-electron chi connectivity index (χ1n) is 9.59. The molecule has 1 aliphatic rings. The molecule has 0 saturated heterocycles. The van der Waals surface area contributed by atoms with Crippen molar-refractivity contribution in [3.63, 3.8) is 0 Å². The van der Waals surface area contributed by atoms with Crippen LogP contribution in [0.15, 0.2) is 48.9 Å². The van der Waals surface area contributed by atoms with Crippen LogP contribution in [0.1, 0.15) is 28.0 Å². The van der Waals surface area contributed by atoms with E-state index in [0.717, 1.165) is 36.1 Å². The molecular formula is C21H18ClN7O. The number of rotatable bonds is 3. The van der Waals surface area contributed by atoms with Gasteiger partial charge in [0.25, 0.3) is 5.91 Å². The molecular weight excluding hydrogens is 402 g/mol. The van der Waals surface area contributed by atoms with Crippen molar-refractivity contribution in [1.82, 2.24) is 29.8 Å². The molecule has 0 bridgehead atoms. The highest BCUT2D eigenvalue weighted by molar-refractivity contribution is 6.32. The molecule has 0 unspecified atom stereocenters. The van der Waals surface area contributed by atoms with Crippen molar-refractivity contribution in [2.45, 2.75) is 19.3 Å². The quantitative estimate of drug-likeness (QED) is 0.549. The van der Waals surface area contributed by atoms with Crippen molar-refractivity contribution in [3.8, 4) is 17.1 Å². The van der Waals surface area contributed by atoms with E-state index in [1.807, 2.05) is 12.1 Å². The van der Waals surface area contributed by atoms with Crippen molar-refractivity contribution in [1.29, 1.82) is 0 Å². The first-order valence-corrected chi connectivity index (χ1v) is 9.97. The van der Waals surface area contributed by atoms with Crippen LogP contribution in [0.25, 0.3) is 17.1 Å². The summed E-state index contributed by atoms with van der Waals surface area (Å²) < 4.78 is 1.65. The van der Waals surface area contributed by atoms with Crippen molar-refractivity contribution in [2.75, 3.05) is 5.32 Å². The summed E-state index contributed by atoms with van der Waals surface area (Å²) in [5, 5.41) is 16.0. The van der Waals surface area contributed by atoms with Gasteiger partial charge in [-0.25, -0.2) is 4.98 Å². The van der Waals surface area contributed by atoms with Crippen LogP contribution in [0.3, 0.4) is 0 Å². The third-order valence-corrected chi connectivity index (χ3v) is 5.47. The third-order valence-electron chi connectivity index (χ3n) is 5.19. The molecule has 1 aromatic carbocycles. The summed E-state index contributed by atoms with van der Waals surface area (Å²) in [7, 11) is 1.80. The molecule has 0 saturated carbocycles. The highest BCUT2D eigenvalue weighted by Gasteiger charge is 2.26. The zero-order valence-corrected chi connectivity index (χ0v) is 17.0. The minimum Gasteiger partial charge on any atom is -0.319 e. The van der Waals surface area contributed by atoms with E-state index in [4.69, 9.17) is 11.6 Å². The molecule has 1 N–H and O–H groups in total. The van der Waals surface area contributed by atoms with Crippen molar-refractivity contribution in [3.05, 3.63) is 70.8 Å². The summed E-state index contributed by atoms with van der Waals surface area (Å²) in [6.45, 7) is 0. The fraction of sp³-hybridized carbons (Fsp3) is 0.190. The smallest absolute Gasteiger partial charge is 0.274 e. The average molecular weight is 420 g/mol. The lowest BCUT2D eigenvalue weighted by Gasteiger charge is -2.09. The van der Waals surface area contributed by atoms with E-state index >= 15 is 0 Å². The normalized spacial score (nSPS) is 12.7. The number of hydrogen-bond acceptors (Lipinski definition) is 5. The molecule has 3 heterocycles. The Labute approximate surface area is 177 Å². The van der Waals surface area contributed by atoms with Crippen LogP contribution in [0.2, 0.25) is 5.02 Å². The Bertz CT molecular complexity index is 1250. The summed E-state index contributed by atoms with van der Waals surface area (Å²) in [6, 6.07) is 9.88. The van der Waals surface area contributed by atoms with Gasteiger partial charge in [-0.05, 0) is 30.9 Å². The molecule has 9 heteroatoms. The predicted molar refractivity (Wildman–Crippen MR) is 113 cm³/mol. The summed E-state index contributed by atoms with van der Waals surface area (Å²) >= 11 is 6.32. The molecule has 5 rings (SSSR count). The van der Waals surface area contributed by atoms with Gasteiger partial charge in [0.05, 0.1) is 35.0 Å². The number of hydrogen-bond donors (Lipinski definition) is 1. The standard InChI is InChI=1S/C21H18ClN7O/c1-28-19(16-8-4-6-13-5-2-3-7-15(13)18(16)27-28)21(30)26-14-11-17(22)20(23-12-14)29-24-9-10-25-29/h2-3,5,7,9-12H,4,6,8H2,1H3,(H,26,30). The SMILES string of the molecule is Cn1nc2c(c1C(=O)Nc1cnc(-n3nccn3)c(Cl)c1)CCCc1ccccc1-2. The van der Waals surface area contributed by atoms with Gasteiger partial charge in [-0.1, -0.05) is 35.9 Å². The van der Waals surface area contributed by atoms with Crippen LogP contribution in [0.5, 0.6) is 0 Å². The number of fused-ring (bicyclic) bond motifs is 3. The number of carbonyl (C=O) groups is 1. The number of aryl methyl sites for hydroxylation is 2. The Morgan fingerprint density at radius 1 is 1.17 bits per heavy atom. The van der Waals surface area contributed by atoms with Gasteiger partial charge in [-0.15, -0.1) is 4.80 Å². The van der Waals surface area contributed by atoms with Gasteiger partial charge < -0.3 is 5.32 Å². The largest absolute Gasteiger partial charge is 0.319 e. The van der Waals surface area contributed by atoms with Gasteiger partial charge in [-0.3, -0.25) is 9.48 Å². The minimum absolute atomic E-state index is 0.242. The fourth-order valence-corrected chi connectivity index (χ4v) is 4.13. The lowest BCUT2D eigenvalue weighted by Crippen LogP contribution is -2.18.